The van der Waals surface area contributed by atoms with Gasteiger partial charge in [-0.3, -0.25) is 0 Å². The Morgan fingerprint density at radius 1 is 1.18 bits per heavy atom. The van der Waals surface area contributed by atoms with Crippen LogP contribution in [-0.4, -0.2) is 29.9 Å². The summed E-state index contributed by atoms with van der Waals surface area (Å²) < 4.78 is 7.28. The van der Waals surface area contributed by atoms with E-state index in [0.717, 1.165) is 6.61 Å². The second kappa shape index (κ2) is 7.47. The van der Waals surface area contributed by atoms with Crippen molar-refractivity contribution in [3.05, 3.63) is 22.0 Å². The Bertz CT molecular complexity index is 284. The van der Waals surface area contributed by atoms with Gasteiger partial charge < -0.3 is 0 Å². The van der Waals surface area contributed by atoms with Crippen LogP contribution in [0.5, 0.6) is 0 Å². The van der Waals surface area contributed by atoms with Crippen LogP contribution in [0.1, 0.15) is 59.3 Å². The fourth-order valence-corrected chi connectivity index (χ4v) is 2.10. The normalized spacial score (nSPS) is 16.1. The van der Waals surface area contributed by atoms with Crippen molar-refractivity contribution in [2.24, 2.45) is 0 Å². The van der Waals surface area contributed by atoms with Crippen molar-refractivity contribution in [3.63, 3.8) is 0 Å². The predicted molar refractivity (Wildman–Crippen MR) is 75.3 cm³/mol. The molecule has 0 saturated carbocycles. The summed E-state index contributed by atoms with van der Waals surface area (Å²) in [7, 11) is 0. The molecule has 1 aliphatic carbocycles. The number of ether oxygens (including phenoxy) is 1. The SMILES string of the molecule is [Li][C]1=C(CCCCCCOC(C)(C)C)C=CC1. The van der Waals surface area contributed by atoms with Crippen LogP contribution in [0.4, 0.5) is 0 Å². The zero-order valence-electron chi connectivity index (χ0n) is 12.0. The first kappa shape index (κ1) is 15.1. The molecule has 92 valence electrons. The van der Waals surface area contributed by atoms with Gasteiger partial charge in [0.2, 0.25) is 0 Å². The van der Waals surface area contributed by atoms with Gasteiger partial charge in [0.05, 0.1) is 0 Å². The van der Waals surface area contributed by atoms with E-state index in [4.69, 9.17) is 4.74 Å². The minimum absolute atomic E-state index is 0.0244. The Morgan fingerprint density at radius 3 is 2.47 bits per heavy atom. The Labute approximate surface area is 116 Å². The van der Waals surface area contributed by atoms with Gasteiger partial charge in [0.1, 0.15) is 0 Å². The molecule has 0 bridgehead atoms. The van der Waals surface area contributed by atoms with Crippen molar-refractivity contribution in [2.75, 3.05) is 6.61 Å². The summed E-state index contributed by atoms with van der Waals surface area (Å²) in [6.45, 7) is 7.27. The van der Waals surface area contributed by atoms with Gasteiger partial charge in [-0.05, 0) is 0 Å². The van der Waals surface area contributed by atoms with Crippen molar-refractivity contribution in [1.82, 2.24) is 0 Å². The average Bonchev–Trinajstić information content (AvgIpc) is 2.61. The van der Waals surface area contributed by atoms with E-state index in [1.165, 1.54) is 38.5 Å². The second-order valence-electron chi connectivity index (χ2n) is 6.04. The fraction of sp³-hybridized carbons (Fsp3) is 0.733. The van der Waals surface area contributed by atoms with Gasteiger partial charge in [-0.2, -0.15) is 0 Å². The molecule has 0 aromatic rings. The van der Waals surface area contributed by atoms with Gasteiger partial charge in [0.15, 0.2) is 0 Å². The quantitative estimate of drug-likeness (QED) is 0.470. The van der Waals surface area contributed by atoms with E-state index in [1.54, 1.807) is 9.82 Å². The monoisotopic (exact) mass is 228 g/mol. The summed E-state index contributed by atoms with van der Waals surface area (Å²) in [5, 5.41) is 0. The van der Waals surface area contributed by atoms with Crippen molar-refractivity contribution in [2.45, 2.75) is 64.9 Å². The Hall–Kier alpha value is 0.0374. The molecule has 0 radical (unpaired) electrons. The van der Waals surface area contributed by atoms with Gasteiger partial charge in [-0.1, -0.05) is 0 Å². The van der Waals surface area contributed by atoms with Crippen LogP contribution in [-0.2, 0) is 4.74 Å². The van der Waals surface area contributed by atoms with E-state index in [-0.39, 0.29) is 5.60 Å². The van der Waals surface area contributed by atoms with Crippen LogP contribution >= 0.6 is 0 Å². The first-order chi connectivity index (χ1) is 7.99. The predicted octanol–water partition coefficient (Wildman–Crippen LogP) is 4.13. The molecule has 2 heteroatoms. The molecule has 0 aromatic carbocycles. The molecule has 0 fully saturated rings. The number of unbranched alkanes of at least 4 members (excludes halogenated alkanes) is 3. The number of allylic oxidation sites excluding steroid dienone is 4. The summed E-state index contributed by atoms with van der Waals surface area (Å²) in [6.07, 6.45) is 12.2. The third kappa shape index (κ3) is 7.14. The van der Waals surface area contributed by atoms with Crippen LogP contribution in [0.25, 0.3) is 0 Å². The van der Waals surface area contributed by atoms with Crippen molar-refractivity contribution < 1.29 is 4.74 Å². The molecule has 1 aliphatic rings. The third-order valence-corrected chi connectivity index (χ3v) is 3.17. The van der Waals surface area contributed by atoms with Gasteiger partial charge in [-0.15, -0.1) is 0 Å². The van der Waals surface area contributed by atoms with Crippen molar-refractivity contribution in [1.29, 1.82) is 0 Å². The first-order valence-electron chi connectivity index (χ1n) is 6.98. The molecule has 0 amide bonds. The van der Waals surface area contributed by atoms with E-state index < -0.39 is 0 Å². The van der Waals surface area contributed by atoms with E-state index in [0.29, 0.717) is 0 Å². The summed E-state index contributed by atoms with van der Waals surface area (Å²) in [4.78, 5) is 0. The molecule has 0 spiro atoms. The van der Waals surface area contributed by atoms with Gasteiger partial charge in [-0.25, -0.2) is 0 Å². The number of hydrogen-bond donors (Lipinski definition) is 0. The molecule has 0 N–H and O–H groups in total. The number of hydrogen-bond acceptors (Lipinski definition) is 1. The summed E-state index contributed by atoms with van der Waals surface area (Å²) in [5.74, 6) is 0. The third-order valence-electron chi connectivity index (χ3n) is 3.17. The second-order valence-corrected chi connectivity index (χ2v) is 6.04. The Balaban J connectivity index is 1.95. The Morgan fingerprint density at radius 2 is 1.88 bits per heavy atom. The minimum atomic E-state index is 0.0244. The van der Waals surface area contributed by atoms with Gasteiger partial charge in [0, 0.05) is 0 Å². The van der Waals surface area contributed by atoms with Crippen LogP contribution in [0.3, 0.4) is 0 Å². The molecular weight excluding hydrogens is 203 g/mol. The van der Waals surface area contributed by atoms with E-state index >= 15 is 0 Å². The van der Waals surface area contributed by atoms with Crippen LogP contribution in [0.15, 0.2) is 22.0 Å². The van der Waals surface area contributed by atoms with Crippen molar-refractivity contribution in [3.8, 4) is 0 Å². The molecule has 1 nitrogen and oxygen atoms in total. The molecule has 0 atom stereocenters. The maximum atomic E-state index is 5.71. The van der Waals surface area contributed by atoms with E-state index in [2.05, 4.69) is 50.6 Å². The molecular formula is C15H25LiO. The summed E-state index contributed by atoms with van der Waals surface area (Å²) in [5.41, 5.74) is 1.60. The van der Waals surface area contributed by atoms with Gasteiger partial charge >= 0.3 is 116 Å². The molecule has 17 heavy (non-hydrogen) atoms. The van der Waals surface area contributed by atoms with Crippen LogP contribution < -0.4 is 0 Å². The molecule has 1 rings (SSSR count). The van der Waals surface area contributed by atoms with Crippen LogP contribution in [0.2, 0.25) is 0 Å². The summed E-state index contributed by atoms with van der Waals surface area (Å²) in [6, 6.07) is 0. The number of rotatable bonds is 7. The molecule has 0 saturated heterocycles. The standard InChI is InChI=1S/C15H25O.Li/c1-15(2,3)16-13-9-5-4-6-10-14-11-7-8-12-14;/h7,11H,4-6,8-10,13H2,1-3H3;. The maximum absolute atomic E-state index is 5.71. The van der Waals surface area contributed by atoms with Gasteiger partial charge in [0.25, 0.3) is 0 Å². The summed E-state index contributed by atoms with van der Waals surface area (Å²) >= 11 is 2.26. The molecule has 0 aromatic heterocycles. The van der Waals surface area contributed by atoms with E-state index in [1.807, 2.05) is 0 Å². The fourth-order valence-electron chi connectivity index (χ4n) is 2.10. The first-order valence-corrected chi connectivity index (χ1v) is 6.98. The van der Waals surface area contributed by atoms with E-state index in [9.17, 15) is 0 Å². The molecule has 0 heterocycles. The topological polar surface area (TPSA) is 9.23 Å². The van der Waals surface area contributed by atoms with Crippen molar-refractivity contribution >= 4 is 17.7 Å². The average molecular weight is 228 g/mol. The zero-order chi connectivity index (χ0) is 12.7. The molecule has 0 aliphatic heterocycles. The Kier molecular flexibility index (Phi) is 6.63. The zero-order valence-corrected chi connectivity index (χ0v) is 12.0. The van der Waals surface area contributed by atoms with Crippen LogP contribution in [0, 0.1) is 0 Å². The molecule has 0 unspecified atom stereocenters.